The highest BCUT2D eigenvalue weighted by atomic mass is 16.6. The first-order chi connectivity index (χ1) is 10.7. The molecule has 6 nitrogen and oxygen atoms in total. The van der Waals surface area contributed by atoms with Crippen molar-refractivity contribution >= 4 is 11.5 Å². The second-order valence-electron chi connectivity index (χ2n) is 5.29. The number of pyridine rings is 1. The summed E-state index contributed by atoms with van der Waals surface area (Å²) in [5.74, 6) is 1.49. The van der Waals surface area contributed by atoms with Crippen molar-refractivity contribution in [3.63, 3.8) is 0 Å². The van der Waals surface area contributed by atoms with Crippen LogP contribution in [0.25, 0.3) is 0 Å². The summed E-state index contributed by atoms with van der Waals surface area (Å²) in [6.07, 6.45) is 5.05. The van der Waals surface area contributed by atoms with Crippen molar-refractivity contribution in [3.8, 4) is 5.75 Å². The minimum Gasteiger partial charge on any atom is -0.490 e. The minimum absolute atomic E-state index is 0.0146. The van der Waals surface area contributed by atoms with Crippen LogP contribution in [0, 0.1) is 10.1 Å². The van der Waals surface area contributed by atoms with Crippen LogP contribution in [0.5, 0.6) is 5.75 Å². The van der Waals surface area contributed by atoms with Crippen molar-refractivity contribution in [3.05, 3.63) is 58.3 Å². The van der Waals surface area contributed by atoms with Crippen LogP contribution < -0.4 is 10.1 Å². The third kappa shape index (κ3) is 3.33. The highest BCUT2D eigenvalue weighted by Crippen LogP contribution is 2.28. The molecule has 1 saturated carbocycles. The number of hydrogen-bond donors (Lipinski definition) is 1. The summed E-state index contributed by atoms with van der Waals surface area (Å²) in [6, 6.07) is 10.9. The molecule has 0 aliphatic heterocycles. The predicted molar refractivity (Wildman–Crippen MR) is 82.9 cm³/mol. The number of nitrogens with zero attached hydrogens (tertiary/aromatic N) is 2. The molecule has 1 N–H and O–H groups in total. The SMILES string of the molecule is O=[N+]([O-])c1ccc(NCc2ccccc2OC2CCC2)nc1. The number of anilines is 1. The maximum Gasteiger partial charge on any atom is 0.287 e. The van der Waals surface area contributed by atoms with Crippen molar-refractivity contribution in [1.29, 1.82) is 0 Å². The molecule has 0 unspecified atom stereocenters. The molecule has 1 aromatic carbocycles. The summed E-state index contributed by atoms with van der Waals surface area (Å²) < 4.78 is 5.97. The summed E-state index contributed by atoms with van der Waals surface area (Å²) in [7, 11) is 0. The van der Waals surface area contributed by atoms with Gasteiger partial charge in [0.25, 0.3) is 5.69 Å². The Bertz CT molecular complexity index is 654. The number of nitro groups is 1. The first-order valence-corrected chi connectivity index (χ1v) is 7.31. The van der Waals surface area contributed by atoms with Crippen molar-refractivity contribution in [2.45, 2.75) is 31.9 Å². The standard InChI is InChI=1S/C16H17N3O3/c20-19(21)13-8-9-16(18-11-13)17-10-12-4-1-2-7-15(12)22-14-5-3-6-14/h1-2,4,7-9,11,14H,3,5-6,10H2,(H,17,18). The number of ether oxygens (including phenoxy) is 1. The van der Waals surface area contributed by atoms with Crippen LogP contribution in [-0.4, -0.2) is 16.0 Å². The molecule has 0 saturated heterocycles. The van der Waals surface area contributed by atoms with Crippen molar-refractivity contribution in [1.82, 2.24) is 4.98 Å². The Kier molecular flexibility index (Phi) is 4.18. The van der Waals surface area contributed by atoms with E-state index in [0.717, 1.165) is 24.2 Å². The molecule has 1 aromatic heterocycles. The molecule has 0 atom stereocenters. The first kappa shape index (κ1) is 14.3. The van der Waals surface area contributed by atoms with Crippen LogP contribution >= 0.6 is 0 Å². The molecular formula is C16H17N3O3. The average molecular weight is 299 g/mol. The van der Waals surface area contributed by atoms with E-state index in [1.54, 1.807) is 6.07 Å². The Hall–Kier alpha value is -2.63. The molecule has 0 spiro atoms. The summed E-state index contributed by atoms with van der Waals surface area (Å²) in [5, 5.41) is 13.8. The smallest absolute Gasteiger partial charge is 0.287 e. The maximum atomic E-state index is 10.6. The van der Waals surface area contributed by atoms with Crippen LogP contribution in [0.3, 0.4) is 0 Å². The fourth-order valence-corrected chi connectivity index (χ4v) is 2.22. The predicted octanol–water partition coefficient (Wildman–Crippen LogP) is 3.53. The highest BCUT2D eigenvalue weighted by Gasteiger charge is 2.20. The van der Waals surface area contributed by atoms with Crippen LogP contribution in [0.1, 0.15) is 24.8 Å². The summed E-state index contributed by atoms with van der Waals surface area (Å²) in [6.45, 7) is 0.563. The normalized spacial score (nSPS) is 14.2. The topological polar surface area (TPSA) is 77.3 Å². The molecule has 1 aliphatic rings. The van der Waals surface area contributed by atoms with Gasteiger partial charge in [-0.25, -0.2) is 4.98 Å². The zero-order valence-corrected chi connectivity index (χ0v) is 12.1. The van der Waals surface area contributed by atoms with Gasteiger partial charge in [-0.05, 0) is 31.4 Å². The van der Waals surface area contributed by atoms with Gasteiger partial charge in [0.1, 0.15) is 17.8 Å². The Morgan fingerprint density at radius 1 is 1.27 bits per heavy atom. The third-order valence-corrected chi connectivity index (χ3v) is 3.74. The van der Waals surface area contributed by atoms with Crippen molar-refractivity contribution in [2.75, 3.05) is 5.32 Å². The molecule has 114 valence electrons. The van der Waals surface area contributed by atoms with Crippen molar-refractivity contribution < 1.29 is 9.66 Å². The Balaban J connectivity index is 1.64. The lowest BCUT2D eigenvalue weighted by atomic mass is 9.96. The van der Waals surface area contributed by atoms with Gasteiger partial charge < -0.3 is 10.1 Å². The summed E-state index contributed by atoms with van der Waals surface area (Å²) in [4.78, 5) is 14.2. The van der Waals surface area contributed by atoms with Crippen LogP contribution in [-0.2, 0) is 6.54 Å². The molecular weight excluding hydrogens is 282 g/mol. The molecule has 0 bridgehead atoms. The largest absolute Gasteiger partial charge is 0.490 e. The van der Waals surface area contributed by atoms with E-state index in [-0.39, 0.29) is 5.69 Å². The van der Waals surface area contributed by atoms with E-state index < -0.39 is 4.92 Å². The quantitative estimate of drug-likeness (QED) is 0.652. The van der Waals surface area contributed by atoms with Crippen LogP contribution in [0.2, 0.25) is 0 Å². The number of benzene rings is 1. The molecule has 0 radical (unpaired) electrons. The zero-order chi connectivity index (χ0) is 15.4. The molecule has 22 heavy (non-hydrogen) atoms. The molecule has 6 heteroatoms. The fraction of sp³-hybridized carbons (Fsp3) is 0.312. The van der Waals surface area contributed by atoms with Gasteiger partial charge in [-0.3, -0.25) is 10.1 Å². The number of aromatic nitrogens is 1. The van der Waals surface area contributed by atoms with Gasteiger partial charge in [-0.15, -0.1) is 0 Å². The molecule has 1 fully saturated rings. The molecule has 3 rings (SSSR count). The van der Waals surface area contributed by atoms with Gasteiger partial charge in [0.05, 0.1) is 11.0 Å². The monoisotopic (exact) mass is 299 g/mol. The van der Waals surface area contributed by atoms with E-state index in [1.165, 1.54) is 18.7 Å². The third-order valence-electron chi connectivity index (χ3n) is 3.74. The second kappa shape index (κ2) is 6.43. The van der Waals surface area contributed by atoms with Crippen LogP contribution in [0.4, 0.5) is 11.5 Å². The van der Waals surface area contributed by atoms with Gasteiger partial charge in [-0.2, -0.15) is 0 Å². The molecule has 1 heterocycles. The lowest BCUT2D eigenvalue weighted by Crippen LogP contribution is -2.25. The van der Waals surface area contributed by atoms with Gasteiger partial charge >= 0.3 is 0 Å². The van der Waals surface area contributed by atoms with E-state index >= 15 is 0 Å². The van der Waals surface area contributed by atoms with Gasteiger partial charge in [-0.1, -0.05) is 18.2 Å². The van der Waals surface area contributed by atoms with E-state index in [2.05, 4.69) is 10.3 Å². The lowest BCUT2D eigenvalue weighted by molar-refractivity contribution is -0.385. The number of nitrogens with one attached hydrogen (secondary N) is 1. The Morgan fingerprint density at radius 3 is 2.73 bits per heavy atom. The molecule has 0 amide bonds. The Morgan fingerprint density at radius 2 is 2.09 bits per heavy atom. The zero-order valence-electron chi connectivity index (χ0n) is 12.1. The Labute approximate surface area is 128 Å². The minimum atomic E-state index is -0.460. The maximum absolute atomic E-state index is 10.6. The van der Waals surface area contributed by atoms with Crippen molar-refractivity contribution in [2.24, 2.45) is 0 Å². The molecule has 1 aliphatic carbocycles. The average Bonchev–Trinajstić information content (AvgIpc) is 2.50. The van der Waals surface area contributed by atoms with E-state index in [1.807, 2.05) is 24.3 Å². The number of hydrogen-bond acceptors (Lipinski definition) is 5. The van der Waals surface area contributed by atoms with Crippen LogP contribution in [0.15, 0.2) is 42.6 Å². The first-order valence-electron chi connectivity index (χ1n) is 7.31. The van der Waals surface area contributed by atoms with Gasteiger partial charge in [0.15, 0.2) is 0 Å². The second-order valence-corrected chi connectivity index (χ2v) is 5.29. The lowest BCUT2D eigenvalue weighted by Gasteiger charge is -2.27. The van der Waals surface area contributed by atoms with Gasteiger partial charge in [0, 0.05) is 18.2 Å². The summed E-state index contributed by atoms with van der Waals surface area (Å²) >= 11 is 0. The number of para-hydroxylation sites is 1. The van der Waals surface area contributed by atoms with E-state index in [9.17, 15) is 10.1 Å². The number of rotatable bonds is 6. The molecule has 2 aromatic rings. The fourth-order valence-electron chi connectivity index (χ4n) is 2.22. The summed E-state index contributed by atoms with van der Waals surface area (Å²) in [5.41, 5.74) is 1.04. The van der Waals surface area contributed by atoms with E-state index in [0.29, 0.717) is 18.5 Å². The van der Waals surface area contributed by atoms with E-state index in [4.69, 9.17) is 4.74 Å². The van der Waals surface area contributed by atoms with Gasteiger partial charge in [0.2, 0.25) is 0 Å². The highest BCUT2D eigenvalue weighted by molar-refractivity contribution is 5.42.